The lowest BCUT2D eigenvalue weighted by Crippen LogP contribution is -2.22. The molecule has 0 saturated heterocycles. The number of carbonyl (C=O) groups excluding carboxylic acids is 2. The number of anilines is 3. The van der Waals surface area contributed by atoms with Gasteiger partial charge in [0.15, 0.2) is 11.5 Å². The molecule has 2 heterocycles. The van der Waals surface area contributed by atoms with Gasteiger partial charge in [0.2, 0.25) is 5.91 Å². The Bertz CT molecular complexity index is 1080. The van der Waals surface area contributed by atoms with Crippen LogP contribution in [-0.2, 0) is 4.79 Å². The highest BCUT2D eigenvalue weighted by Gasteiger charge is 2.30. The molecule has 1 aliphatic carbocycles. The molecular formula is C20H21N7O3. The zero-order chi connectivity index (χ0) is 21.1. The average molecular weight is 407 g/mol. The predicted octanol–water partition coefficient (Wildman–Crippen LogP) is 2.33. The van der Waals surface area contributed by atoms with Crippen LogP contribution in [0.1, 0.15) is 23.3 Å². The molecule has 0 atom stereocenters. The summed E-state index contributed by atoms with van der Waals surface area (Å²) in [4.78, 5) is 24.4. The summed E-state index contributed by atoms with van der Waals surface area (Å²) in [6.45, 7) is 0. The number of H-pyrrole nitrogens is 1. The van der Waals surface area contributed by atoms with Crippen molar-refractivity contribution >= 4 is 29.0 Å². The number of nitrogens with zero attached hydrogens (tertiary/aromatic N) is 3. The van der Waals surface area contributed by atoms with Crippen molar-refractivity contribution in [3.63, 3.8) is 0 Å². The lowest BCUT2D eigenvalue weighted by molar-refractivity contribution is -0.117. The third kappa shape index (κ3) is 3.93. The highest BCUT2D eigenvalue weighted by Crippen LogP contribution is 2.38. The Balaban J connectivity index is 1.71. The first-order chi connectivity index (χ1) is 14.6. The van der Waals surface area contributed by atoms with Gasteiger partial charge < -0.3 is 20.7 Å². The minimum absolute atomic E-state index is 0.0218. The summed E-state index contributed by atoms with van der Waals surface area (Å²) < 4.78 is 5.62. The first kappa shape index (κ1) is 19.4. The summed E-state index contributed by atoms with van der Waals surface area (Å²) in [5.74, 6) is 0.361. The Morgan fingerprint density at radius 2 is 2.03 bits per heavy atom. The number of carbonyl (C=O) groups is 2. The summed E-state index contributed by atoms with van der Waals surface area (Å²) in [5, 5.41) is 23.2. The van der Waals surface area contributed by atoms with E-state index in [4.69, 9.17) is 4.74 Å². The fraction of sp³-hybridized carbons (Fsp3) is 0.250. The zero-order valence-corrected chi connectivity index (χ0v) is 16.5. The summed E-state index contributed by atoms with van der Waals surface area (Å²) in [6, 6.07) is 7.17. The predicted molar refractivity (Wildman–Crippen MR) is 111 cm³/mol. The van der Waals surface area contributed by atoms with E-state index in [2.05, 4.69) is 36.3 Å². The Labute approximate surface area is 172 Å². The molecule has 30 heavy (non-hydrogen) atoms. The third-order valence-corrected chi connectivity index (χ3v) is 4.73. The van der Waals surface area contributed by atoms with Crippen LogP contribution in [-0.4, -0.2) is 46.4 Å². The Kier molecular flexibility index (Phi) is 5.29. The maximum absolute atomic E-state index is 12.3. The number of aromatic nitrogens is 4. The van der Waals surface area contributed by atoms with Crippen LogP contribution in [0.3, 0.4) is 0 Å². The molecule has 1 saturated carbocycles. The minimum Gasteiger partial charge on any atom is -0.494 e. The topological polar surface area (TPSA) is 134 Å². The molecule has 2 aromatic heterocycles. The van der Waals surface area contributed by atoms with Gasteiger partial charge in [0.1, 0.15) is 5.75 Å². The second-order valence-electron chi connectivity index (χ2n) is 6.83. The van der Waals surface area contributed by atoms with Gasteiger partial charge in [-0.05, 0) is 18.9 Å². The van der Waals surface area contributed by atoms with E-state index in [-0.39, 0.29) is 23.3 Å². The molecule has 4 rings (SSSR count). The molecular weight excluding hydrogens is 386 g/mol. The van der Waals surface area contributed by atoms with Crippen LogP contribution in [0.25, 0.3) is 11.1 Å². The van der Waals surface area contributed by atoms with Crippen molar-refractivity contribution in [1.29, 1.82) is 0 Å². The van der Waals surface area contributed by atoms with Gasteiger partial charge in [0.25, 0.3) is 5.91 Å². The number of amides is 2. The first-order valence-electron chi connectivity index (χ1n) is 9.44. The second-order valence-corrected chi connectivity index (χ2v) is 6.83. The highest BCUT2D eigenvalue weighted by atomic mass is 16.5. The summed E-state index contributed by atoms with van der Waals surface area (Å²) >= 11 is 0. The van der Waals surface area contributed by atoms with E-state index in [9.17, 15) is 9.59 Å². The van der Waals surface area contributed by atoms with E-state index < -0.39 is 5.91 Å². The number of aromatic amines is 1. The van der Waals surface area contributed by atoms with Crippen molar-refractivity contribution in [3.05, 3.63) is 42.4 Å². The van der Waals surface area contributed by atoms with Crippen molar-refractivity contribution in [2.75, 3.05) is 24.8 Å². The Morgan fingerprint density at radius 3 is 2.70 bits per heavy atom. The van der Waals surface area contributed by atoms with Crippen LogP contribution in [0.15, 0.2) is 36.7 Å². The van der Waals surface area contributed by atoms with E-state index in [0.29, 0.717) is 17.1 Å². The largest absolute Gasteiger partial charge is 0.494 e. The molecule has 1 aromatic carbocycles. The summed E-state index contributed by atoms with van der Waals surface area (Å²) in [5.41, 5.74) is 2.78. The van der Waals surface area contributed by atoms with E-state index >= 15 is 0 Å². The van der Waals surface area contributed by atoms with Gasteiger partial charge in [-0.2, -0.15) is 5.10 Å². The van der Waals surface area contributed by atoms with Crippen LogP contribution in [0, 0.1) is 5.92 Å². The molecule has 10 heteroatoms. The maximum Gasteiger partial charge on any atom is 0.273 e. The van der Waals surface area contributed by atoms with Crippen molar-refractivity contribution in [3.8, 4) is 16.9 Å². The number of ether oxygens (including phenoxy) is 1. The normalized spacial score (nSPS) is 12.9. The summed E-state index contributed by atoms with van der Waals surface area (Å²) in [7, 11) is 3.08. The van der Waals surface area contributed by atoms with Crippen LogP contribution >= 0.6 is 0 Å². The van der Waals surface area contributed by atoms with Crippen LogP contribution < -0.4 is 20.7 Å². The van der Waals surface area contributed by atoms with Crippen LogP contribution in [0.5, 0.6) is 5.75 Å². The van der Waals surface area contributed by atoms with E-state index in [1.165, 1.54) is 7.05 Å². The van der Waals surface area contributed by atoms with Gasteiger partial charge in [-0.25, -0.2) is 0 Å². The number of rotatable bonds is 7. The lowest BCUT2D eigenvalue weighted by Gasteiger charge is -2.16. The molecule has 0 bridgehead atoms. The molecule has 0 radical (unpaired) electrons. The number of benzene rings is 1. The molecule has 1 fully saturated rings. The molecule has 2 amide bonds. The molecule has 154 valence electrons. The lowest BCUT2D eigenvalue weighted by atomic mass is 10.1. The maximum atomic E-state index is 12.3. The molecule has 0 aliphatic heterocycles. The number of hydrogen-bond acceptors (Lipinski definition) is 7. The van der Waals surface area contributed by atoms with Crippen molar-refractivity contribution in [2.45, 2.75) is 12.8 Å². The molecule has 1 aliphatic rings. The first-order valence-corrected chi connectivity index (χ1v) is 9.44. The second kappa shape index (κ2) is 8.19. The number of para-hydroxylation sites is 1. The van der Waals surface area contributed by atoms with Gasteiger partial charge in [-0.1, -0.05) is 12.1 Å². The Hall–Kier alpha value is -3.95. The van der Waals surface area contributed by atoms with Gasteiger partial charge in [0.05, 0.1) is 24.7 Å². The fourth-order valence-electron chi connectivity index (χ4n) is 3.03. The quantitative estimate of drug-likeness (QED) is 0.472. The minimum atomic E-state index is -0.407. The van der Waals surface area contributed by atoms with Gasteiger partial charge in [-0.15, -0.1) is 10.2 Å². The van der Waals surface area contributed by atoms with E-state index in [1.807, 2.05) is 18.2 Å². The molecule has 10 nitrogen and oxygen atoms in total. The van der Waals surface area contributed by atoms with Crippen molar-refractivity contribution < 1.29 is 14.3 Å². The highest BCUT2D eigenvalue weighted by molar-refractivity contribution is 6.00. The van der Waals surface area contributed by atoms with Crippen LogP contribution in [0.4, 0.5) is 17.2 Å². The monoisotopic (exact) mass is 407 g/mol. The van der Waals surface area contributed by atoms with E-state index in [1.54, 1.807) is 25.6 Å². The van der Waals surface area contributed by atoms with E-state index in [0.717, 1.165) is 24.0 Å². The SMILES string of the molecule is CNC(=O)c1nnc(NC(=O)C2CC2)cc1Nc1cccc(-c2cn[nH]c2)c1OC. The molecule has 4 N–H and O–H groups in total. The Morgan fingerprint density at radius 1 is 1.20 bits per heavy atom. The molecule has 0 spiro atoms. The summed E-state index contributed by atoms with van der Waals surface area (Å²) in [6.07, 6.45) is 5.20. The molecule has 0 unspecified atom stereocenters. The third-order valence-electron chi connectivity index (χ3n) is 4.73. The number of methoxy groups -OCH3 is 1. The zero-order valence-electron chi connectivity index (χ0n) is 16.5. The van der Waals surface area contributed by atoms with Crippen LogP contribution in [0.2, 0.25) is 0 Å². The van der Waals surface area contributed by atoms with Gasteiger partial charge in [-0.3, -0.25) is 14.7 Å². The average Bonchev–Trinajstić information content (AvgIpc) is 3.48. The van der Waals surface area contributed by atoms with Gasteiger partial charge in [0, 0.05) is 36.4 Å². The van der Waals surface area contributed by atoms with Gasteiger partial charge >= 0.3 is 0 Å². The standard InChI is InChI=1S/C20H21N7O3/c1-21-20(29)17-15(8-16(26-27-17)25-19(28)11-6-7-11)24-14-5-3-4-13(18(14)30-2)12-9-22-23-10-12/h3-5,8-11H,6-7H2,1-2H3,(H,21,29)(H,22,23)(H2,24,25,26,28). The fourth-order valence-corrected chi connectivity index (χ4v) is 3.03. The van der Waals surface area contributed by atoms with Crippen molar-refractivity contribution in [2.24, 2.45) is 5.92 Å². The smallest absolute Gasteiger partial charge is 0.273 e. The van der Waals surface area contributed by atoms with Crippen molar-refractivity contribution in [1.82, 2.24) is 25.7 Å². The number of nitrogens with one attached hydrogen (secondary N) is 4. The molecule has 3 aromatic rings. The number of hydrogen-bond donors (Lipinski definition) is 4.